The van der Waals surface area contributed by atoms with Crippen molar-refractivity contribution < 1.29 is 13.6 Å². The van der Waals surface area contributed by atoms with Crippen molar-refractivity contribution in [2.75, 3.05) is 6.26 Å². The highest BCUT2D eigenvalue weighted by Gasteiger charge is 2.17. The number of nitrogens with two attached hydrogens (primary N) is 1. The second kappa shape index (κ2) is 4.65. The molecule has 0 aliphatic carbocycles. The summed E-state index contributed by atoms with van der Waals surface area (Å²) < 4.78 is 24.4. The van der Waals surface area contributed by atoms with Gasteiger partial charge in [-0.1, -0.05) is 5.16 Å². The topological polar surface area (TPSA) is 136 Å². The van der Waals surface area contributed by atoms with E-state index in [4.69, 9.17) is 10.9 Å². The molecule has 2 aromatic heterocycles. The van der Waals surface area contributed by atoms with Gasteiger partial charge in [-0.2, -0.15) is 0 Å². The molecule has 0 aromatic carbocycles. The van der Waals surface area contributed by atoms with Crippen LogP contribution in [0.4, 0.5) is 0 Å². The number of amidine groups is 1. The summed E-state index contributed by atoms with van der Waals surface area (Å²) in [4.78, 5) is 7.75. The number of oxime groups is 1. The van der Waals surface area contributed by atoms with E-state index in [1.807, 2.05) is 0 Å². The number of sulfone groups is 1. The molecule has 9 nitrogen and oxygen atoms in total. The lowest BCUT2D eigenvalue weighted by molar-refractivity contribution is 0.318. The molecule has 0 saturated heterocycles. The van der Waals surface area contributed by atoms with Crippen molar-refractivity contribution in [1.82, 2.24) is 19.7 Å². The van der Waals surface area contributed by atoms with Gasteiger partial charge in [-0.25, -0.2) is 23.1 Å². The Kier molecular flexibility index (Phi) is 3.17. The predicted octanol–water partition coefficient (Wildman–Crippen LogP) is -0.840. The number of aromatic nitrogens is 4. The first kappa shape index (κ1) is 13.0. The summed E-state index contributed by atoms with van der Waals surface area (Å²) in [5.74, 6) is -0.224. The van der Waals surface area contributed by atoms with E-state index in [0.717, 1.165) is 10.9 Å². The van der Waals surface area contributed by atoms with Gasteiger partial charge in [0.2, 0.25) is 11.7 Å². The third kappa shape index (κ3) is 2.52. The standard InChI is InChI=1S/C9H10N6O3S/c1-19(17,18)6-3-2-4-11-9(6)15-5-12-8(13-15)7(10)14-16/h2-5,16H,1H3,(H2,10,14). The van der Waals surface area contributed by atoms with Gasteiger partial charge in [0.1, 0.15) is 11.2 Å². The second-order valence-corrected chi connectivity index (χ2v) is 5.58. The van der Waals surface area contributed by atoms with Gasteiger partial charge in [-0.3, -0.25) is 0 Å². The lowest BCUT2D eigenvalue weighted by Crippen LogP contribution is -2.16. The van der Waals surface area contributed by atoms with E-state index in [-0.39, 0.29) is 22.4 Å². The van der Waals surface area contributed by atoms with Crippen LogP contribution in [0.25, 0.3) is 5.82 Å². The van der Waals surface area contributed by atoms with Gasteiger partial charge in [-0.05, 0) is 12.1 Å². The van der Waals surface area contributed by atoms with Gasteiger partial charge in [0.25, 0.3) is 0 Å². The van der Waals surface area contributed by atoms with Crippen LogP contribution in [0.5, 0.6) is 0 Å². The summed E-state index contributed by atoms with van der Waals surface area (Å²) in [5.41, 5.74) is 5.33. The summed E-state index contributed by atoms with van der Waals surface area (Å²) in [6, 6.07) is 2.91. The van der Waals surface area contributed by atoms with Crippen LogP contribution >= 0.6 is 0 Å². The SMILES string of the molecule is CS(=O)(=O)c1cccnc1-n1cnc(/C(N)=N/O)n1. The fourth-order valence-electron chi connectivity index (χ4n) is 1.37. The van der Waals surface area contributed by atoms with Crippen molar-refractivity contribution in [2.24, 2.45) is 10.9 Å². The summed E-state index contributed by atoms with van der Waals surface area (Å²) in [5, 5.41) is 15.2. The minimum absolute atomic E-state index is 0.00552. The molecule has 0 bridgehead atoms. The molecular formula is C9H10N6O3S. The summed E-state index contributed by atoms with van der Waals surface area (Å²) in [6.45, 7) is 0. The minimum Gasteiger partial charge on any atom is -0.409 e. The fourth-order valence-corrected chi connectivity index (χ4v) is 2.17. The maximum absolute atomic E-state index is 11.6. The van der Waals surface area contributed by atoms with Crippen LogP contribution in [0, 0.1) is 0 Å². The number of pyridine rings is 1. The summed E-state index contributed by atoms with van der Waals surface area (Å²) >= 11 is 0. The second-order valence-electron chi connectivity index (χ2n) is 3.60. The molecule has 2 rings (SSSR count). The number of nitrogens with zero attached hydrogens (tertiary/aromatic N) is 5. The Balaban J connectivity index is 2.58. The fraction of sp³-hybridized carbons (Fsp3) is 0.111. The van der Waals surface area contributed by atoms with E-state index in [1.165, 1.54) is 24.7 Å². The molecule has 0 amide bonds. The molecule has 10 heteroatoms. The lowest BCUT2D eigenvalue weighted by Gasteiger charge is -2.05. The number of hydrogen-bond acceptors (Lipinski definition) is 7. The average molecular weight is 282 g/mol. The molecule has 3 N–H and O–H groups in total. The minimum atomic E-state index is -3.46. The van der Waals surface area contributed by atoms with Crippen LogP contribution in [0.1, 0.15) is 5.82 Å². The van der Waals surface area contributed by atoms with Crippen LogP contribution < -0.4 is 5.73 Å². The summed E-state index contributed by atoms with van der Waals surface area (Å²) in [7, 11) is -3.46. The molecular weight excluding hydrogens is 272 g/mol. The monoisotopic (exact) mass is 282 g/mol. The zero-order chi connectivity index (χ0) is 14.0. The molecule has 0 radical (unpaired) electrons. The molecule has 0 spiro atoms. The van der Waals surface area contributed by atoms with Crippen molar-refractivity contribution in [3.63, 3.8) is 0 Å². The molecule has 0 aliphatic heterocycles. The van der Waals surface area contributed by atoms with Crippen molar-refractivity contribution in [2.45, 2.75) is 4.90 Å². The van der Waals surface area contributed by atoms with Crippen LogP contribution in [-0.4, -0.2) is 45.5 Å². The average Bonchev–Trinajstić information content (AvgIpc) is 2.86. The third-order valence-corrected chi connectivity index (χ3v) is 3.31. The first-order valence-corrected chi connectivity index (χ1v) is 6.87. The molecule has 2 aromatic rings. The molecule has 0 aliphatic rings. The first-order valence-electron chi connectivity index (χ1n) is 4.98. The zero-order valence-corrected chi connectivity index (χ0v) is 10.6. The van der Waals surface area contributed by atoms with Gasteiger partial charge in [0.15, 0.2) is 15.7 Å². The van der Waals surface area contributed by atoms with E-state index in [2.05, 4.69) is 20.2 Å². The molecule has 0 atom stereocenters. The van der Waals surface area contributed by atoms with Crippen molar-refractivity contribution in [3.05, 3.63) is 30.5 Å². The van der Waals surface area contributed by atoms with Gasteiger partial charge >= 0.3 is 0 Å². The van der Waals surface area contributed by atoms with Crippen LogP contribution in [0.2, 0.25) is 0 Å². The highest BCUT2D eigenvalue weighted by Crippen LogP contribution is 2.15. The van der Waals surface area contributed by atoms with E-state index in [9.17, 15) is 8.42 Å². The molecule has 0 unspecified atom stereocenters. The van der Waals surface area contributed by atoms with Gasteiger partial charge in [0, 0.05) is 12.5 Å². The Morgan fingerprint density at radius 2 is 2.21 bits per heavy atom. The van der Waals surface area contributed by atoms with E-state index in [1.54, 1.807) is 0 Å². The van der Waals surface area contributed by atoms with Crippen LogP contribution in [-0.2, 0) is 9.84 Å². The Labute approximate surface area is 108 Å². The van der Waals surface area contributed by atoms with Crippen molar-refractivity contribution in [3.8, 4) is 5.82 Å². The quantitative estimate of drug-likeness (QED) is 0.324. The number of rotatable bonds is 3. The van der Waals surface area contributed by atoms with E-state index >= 15 is 0 Å². The highest BCUT2D eigenvalue weighted by atomic mass is 32.2. The van der Waals surface area contributed by atoms with E-state index in [0.29, 0.717) is 0 Å². The van der Waals surface area contributed by atoms with Crippen molar-refractivity contribution >= 4 is 15.7 Å². The van der Waals surface area contributed by atoms with Crippen LogP contribution in [0.15, 0.2) is 34.7 Å². The maximum atomic E-state index is 11.6. The normalized spacial score (nSPS) is 12.6. The lowest BCUT2D eigenvalue weighted by atomic mass is 10.5. The smallest absolute Gasteiger partial charge is 0.220 e. The molecule has 2 heterocycles. The Morgan fingerprint density at radius 1 is 1.47 bits per heavy atom. The first-order chi connectivity index (χ1) is 8.93. The van der Waals surface area contributed by atoms with Crippen LogP contribution in [0.3, 0.4) is 0 Å². The van der Waals surface area contributed by atoms with Gasteiger partial charge in [0.05, 0.1) is 0 Å². The number of hydrogen-bond donors (Lipinski definition) is 2. The van der Waals surface area contributed by atoms with E-state index < -0.39 is 9.84 Å². The highest BCUT2D eigenvalue weighted by molar-refractivity contribution is 7.90. The largest absolute Gasteiger partial charge is 0.409 e. The molecule has 0 saturated carbocycles. The van der Waals surface area contributed by atoms with Gasteiger partial charge in [-0.15, -0.1) is 5.10 Å². The molecule has 0 fully saturated rings. The Hall–Kier alpha value is -2.49. The maximum Gasteiger partial charge on any atom is 0.220 e. The Morgan fingerprint density at radius 3 is 2.84 bits per heavy atom. The zero-order valence-electron chi connectivity index (χ0n) is 9.79. The molecule has 100 valence electrons. The Bertz CT molecular complexity index is 736. The summed E-state index contributed by atoms with van der Waals surface area (Å²) in [6.07, 6.45) is 3.72. The molecule has 19 heavy (non-hydrogen) atoms. The van der Waals surface area contributed by atoms with Gasteiger partial charge < -0.3 is 10.9 Å². The predicted molar refractivity (Wildman–Crippen MR) is 64.8 cm³/mol. The third-order valence-electron chi connectivity index (χ3n) is 2.20. The van der Waals surface area contributed by atoms with Crippen molar-refractivity contribution in [1.29, 1.82) is 0 Å².